The molecule has 0 aliphatic carbocycles. The Hall–Kier alpha value is -2.48. The van der Waals surface area contributed by atoms with Crippen molar-refractivity contribution in [3.63, 3.8) is 0 Å². The van der Waals surface area contributed by atoms with Crippen LogP contribution in [0.5, 0.6) is 0 Å². The molecule has 4 aromatic rings. The fourth-order valence-electron chi connectivity index (χ4n) is 6.19. The lowest BCUT2D eigenvalue weighted by Crippen LogP contribution is -2.50. The molecule has 0 fully saturated rings. The van der Waals surface area contributed by atoms with Gasteiger partial charge in [-0.2, -0.15) is 4.57 Å². The van der Waals surface area contributed by atoms with Crippen molar-refractivity contribution in [2.45, 2.75) is 85.6 Å². The Bertz CT molecular complexity index is 1340. The van der Waals surface area contributed by atoms with Gasteiger partial charge in [0.25, 0.3) is 0 Å². The molecular weight excluding hydrogens is 388 g/mol. The van der Waals surface area contributed by atoms with Crippen LogP contribution in [0.25, 0.3) is 32.6 Å². The molecule has 0 radical (unpaired) electrons. The molecule has 0 N–H and O–H groups in total. The monoisotopic (exact) mass is 425 g/mol. The van der Waals surface area contributed by atoms with Crippen LogP contribution >= 0.6 is 0 Å². The zero-order valence-corrected chi connectivity index (χ0v) is 20.7. The summed E-state index contributed by atoms with van der Waals surface area (Å²) in [5.41, 5.74) is 8.48. The van der Waals surface area contributed by atoms with Crippen molar-refractivity contribution in [1.82, 2.24) is 4.98 Å². The fourth-order valence-corrected chi connectivity index (χ4v) is 6.19. The van der Waals surface area contributed by atoms with Crippen LogP contribution in [-0.4, -0.2) is 4.98 Å². The smallest absolute Gasteiger partial charge is 0.240 e. The van der Waals surface area contributed by atoms with Crippen LogP contribution in [0.2, 0.25) is 0 Å². The largest absolute Gasteiger partial charge is 0.240 e. The molecule has 32 heavy (non-hydrogen) atoms. The van der Waals surface area contributed by atoms with E-state index in [2.05, 4.69) is 82.6 Å². The number of rotatable bonds is 6. The summed E-state index contributed by atoms with van der Waals surface area (Å²) in [6, 6.07) is 11.9. The maximum atomic E-state index is 5.34. The Labute approximate surface area is 192 Å². The van der Waals surface area contributed by atoms with Gasteiger partial charge in [0.1, 0.15) is 11.2 Å². The Morgan fingerprint density at radius 2 is 1.69 bits per heavy atom. The van der Waals surface area contributed by atoms with Gasteiger partial charge in [-0.05, 0) is 71.6 Å². The molecule has 3 aromatic carbocycles. The summed E-state index contributed by atoms with van der Waals surface area (Å²) in [6.07, 6.45) is 7.86. The highest BCUT2D eigenvalue weighted by molar-refractivity contribution is 6.23. The standard InChI is InChI=1S/C30H37N2/c1-7-20-11-13-23-24-14-12-21(8-2)27-26(24)29-28(25(23)16-20)31-22(15-19(5)6)17-32(29)18-30(27,9-3)10-4/h11-14,16-17,19H,7-10,15,18H2,1-6H3/q+1. The van der Waals surface area contributed by atoms with E-state index in [0.717, 1.165) is 38.6 Å². The Morgan fingerprint density at radius 3 is 2.34 bits per heavy atom. The van der Waals surface area contributed by atoms with Crippen molar-refractivity contribution >= 4 is 32.6 Å². The van der Waals surface area contributed by atoms with E-state index in [1.807, 2.05) is 0 Å². The van der Waals surface area contributed by atoms with Crippen LogP contribution < -0.4 is 4.57 Å². The molecule has 0 saturated carbocycles. The first-order valence-corrected chi connectivity index (χ1v) is 12.7. The van der Waals surface area contributed by atoms with Gasteiger partial charge in [-0.3, -0.25) is 0 Å². The molecule has 2 heteroatoms. The van der Waals surface area contributed by atoms with Gasteiger partial charge in [-0.25, -0.2) is 4.98 Å². The molecule has 166 valence electrons. The minimum absolute atomic E-state index is 0.183. The second-order valence-corrected chi connectivity index (χ2v) is 10.3. The SMILES string of the molecule is CCc1ccc2c(c1)c1nc(CC(C)C)c[n+]3c1c1c(c(CC)ccc21)C(CC)(CC)C3. The highest BCUT2D eigenvalue weighted by Gasteiger charge is 2.42. The summed E-state index contributed by atoms with van der Waals surface area (Å²) in [5.74, 6) is 0.596. The highest BCUT2D eigenvalue weighted by Crippen LogP contribution is 2.46. The fraction of sp³-hybridized carbons (Fsp3) is 0.467. The Balaban J connectivity index is 2.05. The molecule has 1 aliphatic heterocycles. The number of aryl methyl sites for hydroxylation is 2. The number of hydrogen-bond donors (Lipinski definition) is 0. The summed E-state index contributed by atoms with van der Waals surface area (Å²) in [4.78, 5) is 5.34. The third-order valence-electron chi connectivity index (χ3n) is 7.99. The summed E-state index contributed by atoms with van der Waals surface area (Å²) < 4.78 is 2.58. The quantitative estimate of drug-likeness (QED) is 0.235. The number of fused-ring (bicyclic) bond motifs is 3. The van der Waals surface area contributed by atoms with Crippen LogP contribution in [0.3, 0.4) is 0 Å². The molecule has 0 spiro atoms. The van der Waals surface area contributed by atoms with Crippen LogP contribution in [0.1, 0.15) is 76.8 Å². The highest BCUT2D eigenvalue weighted by atomic mass is 15.0. The molecule has 2 nitrogen and oxygen atoms in total. The van der Waals surface area contributed by atoms with E-state index in [9.17, 15) is 0 Å². The molecule has 0 atom stereocenters. The van der Waals surface area contributed by atoms with Crippen LogP contribution in [-0.2, 0) is 31.2 Å². The number of aromatic nitrogens is 2. The van der Waals surface area contributed by atoms with Crippen LogP contribution in [0.4, 0.5) is 0 Å². The second kappa shape index (κ2) is 7.83. The van der Waals surface area contributed by atoms with Crippen LogP contribution in [0, 0.1) is 5.92 Å². The summed E-state index contributed by atoms with van der Waals surface area (Å²) in [6.45, 7) is 15.0. The molecule has 2 heterocycles. The topological polar surface area (TPSA) is 16.8 Å². The van der Waals surface area contributed by atoms with E-state index < -0.39 is 0 Å². The summed E-state index contributed by atoms with van der Waals surface area (Å²) in [7, 11) is 0. The van der Waals surface area contributed by atoms with Gasteiger partial charge >= 0.3 is 0 Å². The Kier molecular flexibility index (Phi) is 5.23. The van der Waals surface area contributed by atoms with E-state index in [0.29, 0.717) is 5.92 Å². The third-order valence-corrected chi connectivity index (χ3v) is 7.99. The molecule has 0 unspecified atom stereocenters. The van der Waals surface area contributed by atoms with Crippen molar-refractivity contribution in [3.05, 3.63) is 58.9 Å². The van der Waals surface area contributed by atoms with Gasteiger partial charge in [0.2, 0.25) is 5.52 Å². The van der Waals surface area contributed by atoms with Gasteiger partial charge in [0.05, 0.1) is 10.8 Å². The van der Waals surface area contributed by atoms with Gasteiger partial charge in [-0.15, -0.1) is 0 Å². The van der Waals surface area contributed by atoms with E-state index in [4.69, 9.17) is 4.98 Å². The first-order chi connectivity index (χ1) is 15.5. The number of nitrogens with zero attached hydrogens (tertiary/aromatic N) is 2. The summed E-state index contributed by atoms with van der Waals surface area (Å²) >= 11 is 0. The van der Waals surface area contributed by atoms with E-state index in [-0.39, 0.29) is 5.41 Å². The number of hydrogen-bond acceptors (Lipinski definition) is 1. The van der Waals surface area contributed by atoms with E-state index in [1.165, 1.54) is 49.4 Å². The molecular formula is C30H37N2+. The Morgan fingerprint density at radius 1 is 0.938 bits per heavy atom. The minimum Gasteiger partial charge on any atom is -0.240 e. The zero-order valence-electron chi connectivity index (χ0n) is 20.7. The maximum Gasteiger partial charge on any atom is 0.240 e. The lowest BCUT2D eigenvalue weighted by Gasteiger charge is -2.36. The van der Waals surface area contributed by atoms with E-state index >= 15 is 0 Å². The molecule has 0 amide bonds. The number of benzene rings is 3. The average Bonchev–Trinajstić information content (AvgIpc) is 2.81. The predicted octanol–water partition coefficient (Wildman–Crippen LogP) is 7.22. The molecule has 1 aromatic heterocycles. The van der Waals surface area contributed by atoms with Gasteiger partial charge in [-0.1, -0.05) is 65.8 Å². The molecule has 0 saturated heterocycles. The van der Waals surface area contributed by atoms with Crippen molar-refractivity contribution in [1.29, 1.82) is 0 Å². The van der Waals surface area contributed by atoms with Gasteiger partial charge < -0.3 is 0 Å². The second-order valence-electron chi connectivity index (χ2n) is 10.3. The molecule has 0 bridgehead atoms. The van der Waals surface area contributed by atoms with Crippen molar-refractivity contribution < 1.29 is 4.57 Å². The van der Waals surface area contributed by atoms with Crippen molar-refractivity contribution in [2.75, 3.05) is 0 Å². The molecule has 1 aliphatic rings. The zero-order chi connectivity index (χ0) is 22.6. The van der Waals surface area contributed by atoms with Gasteiger partial charge in [0.15, 0.2) is 12.7 Å². The normalized spacial score (nSPS) is 15.0. The maximum absolute atomic E-state index is 5.34. The average molecular weight is 426 g/mol. The third kappa shape index (κ3) is 2.99. The minimum atomic E-state index is 0.183. The first kappa shape index (κ1) is 21.4. The van der Waals surface area contributed by atoms with E-state index in [1.54, 1.807) is 5.56 Å². The lowest BCUT2D eigenvalue weighted by atomic mass is 9.69. The molecule has 5 rings (SSSR count). The van der Waals surface area contributed by atoms with Crippen LogP contribution in [0.15, 0.2) is 36.5 Å². The first-order valence-electron chi connectivity index (χ1n) is 12.7. The van der Waals surface area contributed by atoms with Crippen molar-refractivity contribution in [3.8, 4) is 0 Å². The summed E-state index contributed by atoms with van der Waals surface area (Å²) in [5, 5.41) is 5.55. The lowest BCUT2D eigenvalue weighted by molar-refractivity contribution is -0.682. The van der Waals surface area contributed by atoms with Crippen molar-refractivity contribution in [2.24, 2.45) is 5.92 Å². The predicted molar refractivity (Wildman–Crippen MR) is 137 cm³/mol. The van der Waals surface area contributed by atoms with Gasteiger partial charge in [0, 0.05) is 5.39 Å².